The van der Waals surface area contributed by atoms with Gasteiger partial charge in [0.2, 0.25) is 0 Å². The lowest BCUT2D eigenvalue weighted by molar-refractivity contribution is 1.34. The molecular weight excluding hydrogens is 268 g/mol. The Balaban J connectivity index is 1.88. The van der Waals surface area contributed by atoms with Gasteiger partial charge in [0.25, 0.3) is 0 Å². The Labute approximate surface area is 129 Å². The number of hydrogen-bond donors (Lipinski definition) is 0. The quantitative estimate of drug-likeness (QED) is 0.488. The number of rotatable bonds is 1. The third kappa shape index (κ3) is 2.23. The molecule has 0 aliphatic rings. The first-order chi connectivity index (χ1) is 10.7. The van der Waals surface area contributed by atoms with Crippen molar-refractivity contribution in [2.45, 2.75) is 13.8 Å². The van der Waals surface area contributed by atoms with Crippen LogP contribution in [0.25, 0.3) is 33.1 Å². The molecule has 0 unspecified atom stereocenters. The van der Waals surface area contributed by atoms with Crippen LogP contribution in [0.4, 0.5) is 0 Å². The van der Waals surface area contributed by atoms with Gasteiger partial charge in [-0.1, -0.05) is 29.3 Å². The van der Waals surface area contributed by atoms with Crippen LogP contribution < -0.4 is 0 Å². The first-order valence-electron chi connectivity index (χ1n) is 7.43. The standard InChI is InChI=1S/C20H16N2/c1-13-4-7-19-15(9-13)5-8-20(22-19)17-11-16-10-14(2)3-6-18(16)21-12-17/h3-12H,1-2H3. The molecule has 4 aromatic rings. The molecule has 2 heterocycles. The molecule has 106 valence electrons. The van der Waals surface area contributed by atoms with Crippen LogP contribution in [-0.2, 0) is 0 Å². The van der Waals surface area contributed by atoms with Crippen molar-refractivity contribution in [1.82, 2.24) is 9.97 Å². The molecule has 2 aromatic heterocycles. The summed E-state index contributed by atoms with van der Waals surface area (Å²) in [5.74, 6) is 0. The Bertz CT molecular complexity index is 1000. The summed E-state index contributed by atoms with van der Waals surface area (Å²) in [7, 11) is 0. The summed E-state index contributed by atoms with van der Waals surface area (Å²) in [6.07, 6.45) is 1.90. The number of benzene rings is 2. The molecule has 0 radical (unpaired) electrons. The number of fused-ring (bicyclic) bond motifs is 2. The van der Waals surface area contributed by atoms with Gasteiger partial charge in [0.15, 0.2) is 0 Å². The van der Waals surface area contributed by atoms with Crippen molar-refractivity contribution < 1.29 is 0 Å². The molecule has 0 bridgehead atoms. The van der Waals surface area contributed by atoms with Gasteiger partial charge in [-0.3, -0.25) is 4.98 Å². The van der Waals surface area contributed by atoms with E-state index in [-0.39, 0.29) is 0 Å². The molecule has 0 atom stereocenters. The van der Waals surface area contributed by atoms with Gasteiger partial charge < -0.3 is 0 Å². The van der Waals surface area contributed by atoms with Gasteiger partial charge in [0, 0.05) is 22.5 Å². The maximum atomic E-state index is 4.78. The van der Waals surface area contributed by atoms with Crippen LogP contribution in [0.3, 0.4) is 0 Å². The Hall–Kier alpha value is -2.74. The number of pyridine rings is 2. The maximum absolute atomic E-state index is 4.78. The van der Waals surface area contributed by atoms with Crippen molar-refractivity contribution in [1.29, 1.82) is 0 Å². The van der Waals surface area contributed by atoms with Crippen LogP contribution in [0.15, 0.2) is 60.8 Å². The molecule has 0 amide bonds. The third-order valence-corrected chi connectivity index (χ3v) is 3.98. The zero-order chi connectivity index (χ0) is 15.1. The predicted octanol–water partition coefficient (Wildman–Crippen LogP) is 5.07. The number of aryl methyl sites for hydroxylation is 2. The number of hydrogen-bond acceptors (Lipinski definition) is 2. The molecule has 2 aromatic carbocycles. The Morgan fingerprint density at radius 1 is 0.682 bits per heavy atom. The molecule has 22 heavy (non-hydrogen) atoms. The summed E-state index contributed by atoms with van der Waals surface area (Å²) >= 11 is 0. The first-order valence-corrected chi connectivity index (χ1v) is 7.43. The van der Waals surface area contributed by atoms with E-state index in [4.69, 9.17) is 4.98 Å². The fraction of sp³-hybridized carbons (Fsp3) is 0.100. The summed E-state index contributed by atoms with van der Waals surface area (Å²) < 4.78 is 0. The molecule has 2 nitrogen and oxygen atoms in total. The molecule has 4 rings (SSSR count). The Kier molecular flexibility index (Phi) is 2.90. The van der Waals surface area contributed by atoms with E-state index in [1.807, 2.05) is 6.20 Å². The first kappa shape index (κ1) is 13.0. The van der Waals surface area contributed by atoms with Crippen LogP contribution in [0.1, 0.15) is 11.1 Å². The summed E-state index contributed by atoms with van der Waals surface area (Å²) in [5.41, 5.74) is 6.56. The van der Waals surface area contributed by atoms with E-state index in [9.17, 15) is 0 Å². The fourth-order valence-corrected chi connectivity index (χ4v) is 2.80. The summed E-state index contributed by atoms with van der Waals surface area (Å²) in [6.45, 7) is 4.20. The highest BCUT2D eigenvalue weighted by Gasteiger charge is 2.04. The molecule has 0 aliphatic heterocycles. The second-order valence-corrected chi connectivity index (χ2v) is 5.81. The highest BCUT2D eigenvalue weighted by atomic mass is 14.7. The molecule has 0 fully saturated rings. The van der Waals surface area contributed by atoms with Crippen molar-refractivity contribution in [3.05, 3.63) is 71.9 Å². The third-order valence-electron chi connectivity index (χ3n) is 3.98. The van der Waals surface area contributed by atoms with E-state index in [1.165, 1.54) is 16.5 Å². The van der Waals surface area contributed by atoms with Crippen molar-refractivity contribution in [3.63, 3.8) is 0 Å². The Morgan fingerprint density at radius 3 is 2.23 bits per heavy atom. The second kappa shape index (κ2) is 4.92. The highest BCUT2D eigenvalue weighted by molar-refractivity contribution is 5.86. The van der Waals surface area contributed by atoms with Gasteiger partial charge in [-0.25, -0.2) is 4.98 Å². The van der Waals surface area contributed by atoms with E-state index in [2.05, 4.69) is 73.4 Å². The lowest BCUT2D eigenvalue weighted by Gasteiger charge is -2.06. The minimum atomic E-state index is 0.965. The van der Waals surface area contributed by atoms with Gasteiger partial charge in [0.1, 0.15) is 0 Å². The van der Waals surface area contributed by atoms with Gasteiger partial charge in [-0.2, -0.15) is 0 Å². The van der Waals surface area contributed by atoms with Gasteiger partial charge in [-0.15, -0.1) is 0 Å². The highest BCUT2D eigenvalue weighted by Crippen LogP contribution is 2.24. The SMILES string of the molecule is Cc1ccc2ncc(-c3ccc4cc(C)ccc4n3)cc2c1. The molecule has 0 saturated heterocycles. The van der Waals surface area contributed by atoms with Crippen LogP contribution in [0.2, 0.25) is 0 Å². The lowest BCUT2D eigenvalue weighted by atomic mass is 10.1. The minimum absolute atomic E-state index is 0.965. The molecule has 2 heteroatoms. The van der Waals surface area contributed by atoms with Crippen LogP contribution in [0.5, 0.6) is 0 Å². The average molecular weight is 284 g/mol. The van der Waals surface area contributed by atoms with Crippen molar-refractivity contribution in [2.24, 2.45) is 0 Å². The monoisotopic (exact) mass is 284 g/mol. The summed E-state index contributed by atoms with van der Waals surface area (Å²) in [4.78, 5) is 9.33. The molecular formula is C20H16N2. The molecule has 0 spiro atoms. The van der Waals surface area contributed by atoms with Crippen LogP contribution in [0, 0.1) is 13.8 Å². The molecule has 0 aliphatic carbocycles. The van der Waals surface area contributed by atoms with Gasteiger partial charge >= 0.3 is 0 Å². The largest absolute Gasteiger partial charge is 0.256 e. The predicted molar refractivity (Wildman–Crippen MR) is 92.0 cm³/mol. The zero-order valence-electron chi connectivity index (χ0n) is 12.7. The molecule has 0 saturated carbocycles. The van der Waals surface area contributed by atoms with E-state index < -0.39 is 0 Å². The zero-order valence-corrected chi connectivity index (χ0v) is 12.7. The molecule has 0 N–H and O–H groups in total. The lowest BCUT2D eigenvalue weighted by Crippen LogP contribution is -1.88. The van der Waals surface area contributed by atoms with E-state index in [1.54, 1.807) is 0 Å². The van der Waals surface area contributed by atoms with E-state index in [0.29, 0.717) is 0 Å². The minimum Gasteiger partial charge on any atom is -0.256 e. The van der Waals surface area contributed by atoms with Crippen molar-refractivity contribution in [2.75, 3.05) is 0 Å². The van der Waals surface area contributed by atoms with Crippen LogP contribution in [-0.4, -0.2) is 9.97 Å². The van der Waals surface area contributed by atoms with Gasteiger partial charge in [0.05, 0.1) is 16.7 Å². The normalized spacial score (nSPS) is 11.2. The smallest absolute Gasteiger partial charge is 0.0725 e. The van der Waals surface area contributed by atoms with Crippen molar-refractivity contribution >= 4 is 21.8 Å². The van der Waals surface area contributed by atoms with Crippen LogP contribution >= 0.6 is 0 Å². The van der Waals surface area contributed by atoms with Crippen molar-refractivity contribution in [3.8, 4) is 11.3 Å². The summed E-state index contributed by atoms with van der Waals surface area (Å²) in [5, 5.41) is 2.33. The Morgan fingerprint density at radius 2 is 1.41 bits per heavy atom. The summed E-state index contributed by atoms with van der Waals surface area (Å²) in [6, 6.07) is 19.0. The van der Waals surface area contributed by atoms with Gasteiger partial charge in [-0.05, 0) is 50.2 Å². The average Bonchev–Trinajstić information content (AvgIpc) is 2.53. The van der Waals surface area contributed by atoms with E-state index in [0.717, 1.165) is 27.7 Å². The number of aromatic nitrogens is 2. The van der Waals surface area contributed by atoms with E-state index >= 15 is 0 Å². The topological polar surface area (TPSA) is 25.8 Å². The number of nitrogens with zero attached hydrogens (tertiary/aromatic N) is 2. The fourth-order valence-electron chi connectivity index (χ4n) is 2.80. The maximum Gasteiger partial charge on any atom is 0.0725 e. The second-order valence-electron chi connectivity index (χ2n) is 5.81.